The summed E-state index contributed by atoms with van der Waals surface area (Å²) >= 11 is 0. The molecule has 1 aromatic rings. The second-order valence-corrected chi connectivity index (χ2v) is 3.76. The van der Waals surface area contributed by atoms with Crippen LogP contribution >= 0.6 is 0 Å². The monoisotopic (exact) mass is 239 g/mol. The molecule has 1 rings (SSSR count). The summed E-state index contributed by atoms with van der Waals surface area (Å²) in [5.74, 6) is 6.44. The fourth-order valence-corrected chi connectivity index (χ4v) is 1.32. The van der Waals surface area contributed by atoms with E-state index in [1.165, 1.54) is 0 Å². The first-order valence-electron chi connectivity index (χ1n) is 5.90. The number of aryl methyl sites for hydroxylation is 1. The lowest BCUT2D eigenvalue weighted by molar-refractivity contribution is 0.141. The van der Waals surface area contributed by atoms with Crippen molar-refractivity contribution >= 4 is 11.8 Å². The maximum Gasteiger partial charge on any atom is 0.239 e. The molecule has 0 bridgehead atoms. The SMILES string of the molecule is CCCCOCCNc1cc(C)nc(NN)n1. The van der Waals surface area contributed by atoms with Crippen molar-refractivity contribution in [1.82, 2.24) is 9.97 Å². The third kappa shape index (κ3) is 5.46. The molecule has 6 heteroatoms. The lowest BCUT2D eigenvalue weighted by atomic mass is 10.4. The number of nitrogen functional groups attached to an aromatic ring is 1. The van der Waals surface area contributed by atoms with Crippen LogP contribution in [0.25, 0.3) is 0 Å². The number of nitrogens with zero attached hydrogens (tertiary/aromatic N) is 2. The van der Waals surface area contributed by atoms with Crippen molar-refractivity contribution in [2.75, 3.05) is 30.5 Å². The second kappa shape index (κ2) is 7.81. The fraction of sp³-hybridized carbons (Fsp3) is 0.636. The van der Waals surface area contributed by atoms with E-state index in [0.29, 0.717) is 12.6 Å². The Hall–Kier alpha value is -1.40. The van der Waals surface area contributed by atoms with Crippen LogP contribution in [0.5, 0.6) is 0 Å². The number of hydrogen-bond donors (Lipinski definition) is 3. The summed E-state index contributed by atoms with van der Waals surface area (Å²) in [6, 6.07) is 1.87. The molecule has 0 aromatic carbocycles. The van der Waals surface area contributed by atoms with E-state index >= 15 is 0 Å². The molecule has 0 aliphatic rings. The summed E-state index contributed by atoms with van der Waals surface area (Å²) in [4.78, 5) is 8.27. The third-order valence-electron chi connectivity index (χ3n) is 2.18. The van der Waals surface area contributed by atoms with E-state index in [-0.39, 0.29) is 0 Å². The Bertz CT molecular complexity index is 332. The number of anilines is 2. The van der Waals surface area contributed by atoms with E-state index in [9.17, 15) is 0 Å². The summed E-state index contributed by atoms with van der Waals surface area (Å²) in [5.41, 5.74) is 3.30. The van der Waals surface area contributed by atoms with Gasteiger partial charge in [0.1, 0.15) is 5.82 Å². The van der Waals surface area contributed by atoms with Crippen molar-refractivity contribution in [1.29, 1.82) is 0 Å². The molecule has 0 aliphatic heterocycles. The van der Waals surface area contributed by atoms with E-state index in [0.717, 1.165) is 37.5 Å². The molecule has 17 heavy (non-hydrogen) atoms. The number of rotatable bonds is 8. The summed E-state index contributed by atoms with van der Waals surface area (Å²) in [6.45, 7) is 6.26. The number of hydrazine groups is 1. The van der Waals surface area contributed by atoms with Crippen LogP contribution in [-0.4, -0.2) is 29.7 Å². The van der Waals surface area contributed by atoms with E-state index in [1.807, 2.05) is 13.0 Å². The molecular formula is C11H21N5O. The molecule has 0 atom stereocenters. The number of unbranched alkanes of at least 4 members (excludes halogenated alkanes) is 1. The average molecular weight is 239 g/mol. The standard InChI is InChI=1S/C11H21N5O/c1-3-4-6-17-7-5-13-10-8-9(2)14-11(15-10)16-12/h8H,3-7,12H2,1-2H3,(H2,13,14,15,16). The highest BCUT2D eigenvalue weighted by atomic mass is 16.5. The van der Waals surface area contributed by atoms with Gasteiger partial charge < -0.3 is 10.1 Å². The summed E-state index contributed by atoms with van der Waals surface area (Å²) in [5, 5.41) is 3.17. The van der Waals surface area contributed by atoms with Gasteiger partial charge in [0.05, 0.1) is 6.61 Å². The van der Waals surface area contributed by atoms with Crippen LogP contribution in [0.1, 0.15) is 25.5 Å². The number of nitrogens with one attached hydrogen (secondary N) is 2. The number of nitrogens with two attached hydrogens (primary N) is 1. The molecule has 1 aromatic heterocycles. The van der Waals surface area contributed by atoms with Gasteiger partial charge in [0, 0.05) is 24.9 Å². The van der Waals surface area contributed by atoms with Gasteiger partial charge in [0.15, 0.2) is 0 Å². The van der Waals surface area contributed by atoms with Crippen LogP contribution < -0.4 is 16.6 Å². The lowest BCUT2D eigenvalue weighted by Crippen LogP contribution is -2.15. The summed E-state index contributed by atoms with van der Waals surface area (Å²) < 4.78 is 5.44. The first-order valence-corrected chi connectivity index (χ1v) is 5.90. The van der Waals surface area contributed by atoms with E-state index in [1.54, 1.807) is 0 Å². The quantitative estimate of drug-likeness (QED) is 0.360. The molecule has 96 valence electrons. The molecule has 0 spiro atoms. The zero-order valence-corrected chi connectivity index (χ0v) is 10.5. The van der Waals surface area contributed by atoms with Gasteiger partial charge in [-0.15, -0.1) is 0 Å². The first-order chi connectivity index (χ1) is 8.26. The first kappa shape index (κ1) is 13.7. The van der Waals surface area contributed by atoms with E-state index in [4.69, 9.17) is 10.6 Å². The highest BCUT2D eigenvalue weighted by Crippen LogP contribution is 2.07. The van der Waals surface area contributed by atoms with E-state index in [2.05, 4.69) is 27.6 Å². The van der Waals surface area contributed by atoms with Crippen molar-refractivity contribution in [3.63, 3.8) is 0 Å². The van der Waals surface area contributed by atoms with E-state index < -0.39 is 0 Å². The van der Waals surface area contributed by atoms with Gasteiger partial charge in [-0.05, 0) is 13.3 Å². The third-order valence-corrected chi connectivity index (χ3v) is 2.18. The second-order valence-electron chi connectivity index (χ2n) is 3.76. The van der Waals surface area contributed by atoms with Crippen LogP contribution in [0.2, 0.25) is 0 Å². The molecule has 0 unspecified atom stereocenters. The Balaban J connectivity index is 2.28. The predicted octanol–water partition coefficient (Wildman–Crippen LogP) is 1.30. The Labute approximate surface area is 102 Å². The fourth-order valence-electron chi connectivity index (χ4n) is 1.32. The Morgan fingerprint density at radius 2 is 2.18 bits per heavy atom. The van der Waals surface area contributed by atoms with Gasteiger partial charge in [-0.3, -0.25) is 5.43 Å². The molecule has 0 fully saturated rings. The number of aromatic nitrogens is 2. The maximum absolute atomic E-state index is 5.44. The molecule has 0 amide bonds. The molecule has 4 N–H and O–H groups in total. The van der Waals surface area contributed by atoms with Gasteiger partial charge in [0.25, 0.3) is 0 Å². The van der Waals surface area contributed by atoms with Crippen molar-refractivity contribution in [2.24, 2.45) is 5.84 Å². The number of ether oxygens (including phenoxy) is 1. The largest absolute Gasteiger partial charge is 0.380 e. The normalized spacial score (nSPS) is 10.3. The average Bonchev–Trinajstić information content (AvgIpc) is 2.33. The zero-order chi connectivity index (χ0) is 12.5. The Morgan fingerprint density at radius 3 is 2.88 bits per heavy atom. The molecule has 1 heterocycles. The van der Waals surface area contributed by atoms with Crippen LogP contribution in [0, 0.1) is 6.92 Å². The molecular weight excluding hydrogens is 218 g/mol. The van der Waals surface area contributed by atoms with Crippen molar-refractivity contribution in [3.8, 4) is 0 Å². The van der Waals surface area contributed by atoms with Gasteiger partial charge in [-0.1, -0.05) is 13.3 Å². The Morgan fingerprint density at radius 1 is 1.35 bits per heavy atom. The summed E-state index contributed by atoms with van der Waals surface area (Å²) in [6.07, 6.45) is 2.26. The highest BCUT2D eigenvalue weighted by molar-refractivity contribution is 5.41. The van der Waals surface area contributed by atoms with Crippen LogP contribution in [-0.2, 0) is 4.74 Å². The molecule has 0 radical (unpaired) electrons. The smallest absolute Gasteiger partial charge is 0.239 e. The summed E-state index contributed by atoms with van der Waals surface area (Å²) in [7, 11) is 0. The van der Waals surface area contributed by atoms with Crippen LogP contribution in [0.15, 0.2) is 6.07 Å². The minimum Gasteiger partial charge on any atom is -0.380 e. The van der Waals surface area contributed by atoms with Crippen molar-refractivity contribution in [2.45, 2.75) is 26.7 Å². The molecule has 0 saturated carbocycles. The van der Waals surface area contributed by atoms with Gasteiger partial charge in [-0.2, -0.15) is 4.98 Å². The lowest BCUT2D eigenvalue weighted by Gasteiger charge is -2.08. The van der Waals surface area contributed by atoms with Crippen LogP contribution in [0.4, 0.5) is 11.8 Å². The maximum atomic E-state index is 5.44. The van der Waals surface area contributed by atoms with Crippen LogP contribution in [0.3, 0.4) is 0 Å². The zero-order valence-electron chi connectivity index (χ0n) is 10.5. The van der Waals surface area contributed by atoms with Gasteiger partial charge >= 0.3 is 0 Å². The minimum absolute atomic E-state index is 0.416. The Kier molecular flexibility index (Phi) is 6.27. The minimum atomic E-state index is 0.416. The predicted molar refractivity (Wildman–Crippen MR) is 68.8 cm³/mol. The molecule has 0 saturated heterocycles. The van der Waals surface area contributed by atoms with Crippen molar-refractivity contribution in [3.05, 3.63) is 11.8 Å². The highest BCUT2D eigenvalue weighted by Gasteiger charge is 1.99. The molecule has 0 aliphatic carbocycles. The van der Waals surface area contributed by atoms with Gasteiger partial charge in [-0.25, -0.2) is 10.8 Å². The van der Waals surface area contributed by atoms with Gasteiger partial charge in [0.2, 0.25) is 5.95 Å². The molecule has 6 nitrogen and oxygen atoms in total. The van der Waals surface area contributed by atoms with Crippen molar-refractivity contribution < 1.29 is 4.74 Å². The topological polar surface area (TPSA) is 85.1 Å². The number of hydrogen-bond acceptors (Lipinski definition) is 6.